The summed E-state index contributed by atoms with van der Waals surface area (Å²) >= 11 is 0. The number of phosphoric acid groups is 1. The number of rotatable bonds is 24. The Morgan fingerprint density at radius 3 is 1.30 bits per heavy atom. The van der Waals surface area contributed by atoms with E-state index in [1.165, 1.54) is 122 Å². The van der Waals surface area contributed by atoms with Crippen molar-refractivity contribution >= 4 is 13.8 Å². The van der Waals surface area contributed by atoms with Gasteiger partial charge >= 0.3 is 13.8 Å². The van der Waals surface area contributed by atoms with Crippen LogP contribution in [0.4, 0.5) is 0 Å². The van der Waals surface area contributed by atoms with Gasteiger partial charge in [-0.3, -0.25) is 4.79 Å². The Morgan fingerprint density at radius 1 is 0.676 bits per heavy atom. The highest BCUT2D eigenvalue weighted by molar-refractivity contribution is 7.45. The summed E-state index contributed by atoms with van der Waals surface area (Å²) in [5.74, 6) is -0.968. The van der Waals surface area contributed by atoms with Crippen LogP contribution in [-0.4, -0.2) is 76.5 Å². The molecule has 11 heteroatoms. The van der Waals surface area contributed by atoms with Gasteiger partial charge in [-0.25, -0.2) is 4.57 Å². The van der Waals surface area contributed by atoms with E-state index in [0.717, 1.165) is 19.6 Å². The van der Waals surface area contributed by atoms with Crippen molar-refractivity contribution in [3.63, 3.8) is 0 Å². The normalized spacial score (nSPS) is 11.0. The molecular formula is C26H61N4O6P. The van der Waals surface area contributed by atoms with Crippen LogP contribution >= 0.6 is 7.82 Å². The molecule has 0 aliphatic rings. The van der Waals surface area contributed by atoms with E-state index >= 15 is 0 Å². The molecule has 0 bridgehead atoms. The zero-order valence-electron chi connectivity index (χ0n) is 23.9. The maximum Gasteiger partial charge on any atom is 0.466 e. The molecule has 226 valence electrons. The second kappa shape index (κ2) is 33.4. The minimum Gasteiger partial charge on any atom is -0.480 e. The predicted molar refractivity (Wildman–Crippen MR) is 155 cm³/mol. The topological polar surface area (TPSA) is 182 Å². The van der Waals surface area contributed by atoms with E-state index < -0.39 is 13.8 Å². The van der Waals surface area contributed by atoms with Crippen molar-refractivity contribution in [2.75, 3.05) is 45.8 Å². The van der Waals surface area contributed by atoms with Crippen molar-refractivity contribution in [1.82, 2.24) is 10.2 Å². The van der Waals surface area contributed by atoms with Crippen LogP contribution in [0.15, 0.2) is 0 Å². The molecule has 0 aromatic carbocycles. The Bertz CT molecular complexity index is 469. The first-order valence-electron chi connectivity index (χ1n) is 14.5. The Kier molecular flexibility index (Phi) is 37.0. The highest BCUT2D eigenvalue weighted by Crippen LogP contribution is 2.25. The number of aliphatic carboxylic acids is 1. The molecule has 0 aromatic rings. The quantitative estimate of drug-likeness (QED) is 0.0671. The van der Waals surface area contributed by atoms with E-state index in [4.69, 9.17) is 30.1 Å². The lowest BCUT2D eigenvalue weighted by atomic mass is 10.1. The molecule has 0 aromatic heterocycles. The van der Waals surface area contributed by atoms with Crippen LogP contribution in [0.25, 0.3) is 0 Å². The fraction of sp³-hybridized carbons (Fsp3) is 0.962. The number of hydrogen-bond donors (Lipinski definition) is 7. The van der Waals surface area contributed by atoms with E-state index in [1.54, 1.807) is 0 Å². The van der Waals surface area contributed by atoms with E-state index in [0.29, 0.717) is 0 Å². The van der Waals surface area contributed by atoms with Crippen molar-refractivity contribution < 1.29 is 29.1 Å². The van der Waals surface area contributed by atoms with Gasteiger partial charge in [0.05, 0.1) is 6.54 Å². The summed E-state index contributed by atoms with van der Waals surface area (Å²) in [6, 6.07) is 0. The van der Waals surface area contributed by atoms with Gasteiger partial charge in [-0.1, -0.05) is 104 Å². The first-order valence-corrected chi connectivity index (χ1v) is 16.0. The molecule has 0 heterocycles. The van der Waals surface area contributed by atoms with E-state index in [1.807, 2.05) is 0 Å². The van der Waals surface area contributed by atoms with Crippen LogP contribution < -0.4 is 16.8 Å². The SMILES string of the molecule is CCCCCCCCCCN(CCCCCCCCCC)CCNCCN.NCC(=O)O.O=P(O)(O)O. The van der Waals surface area contributed by atoms with Gasteiger partial charge in [-0.15, -0.1) is 0 Å². The molecule has 0 saturated carbocycles. The lowest BCUT2D eigenvalue weighted by Crippen LogP contribution is -2.35. The maximum absolute atomic E-state index is 9.24. The Labute approximate surface area is 227 Å². The van der Waals surface area contributed by atoms with Gasteiger partial charge in [0.15, 0.2) is 0 Å². The lowest BCUT2D eigenvalue weighted by Gasteiger charge is -2.22. The molecule has 0 spiro atoms. The molecule has 0 saturated heterocycles. The molecule has 0 radical (unpaired) electrons. The second-order valence-electron chi connectivity index (χ2n) is 9.44. The monoisotopic (exact) mass is 556 g/mol. The van der Waals surface area contributed by atoms with Gasteiger partial charge in [0.2, 0.25) is 0 Å². The molecule has 10 nitrogen and oxygen atoms in total. The van der Waals surface area contributed by atoms with Crippen LogP contribution in [0.2, 0.25) is 0 Å². The maximum atomic E-state index is 9.24. The average molecular weight is 557 g/mol. The summed E-state index contributed by atoms with van der Waals surface area (Å²) < 4.78 is 8.88. The Morgan fingerprint density at radius 2 is 1.00 bits per heavy atom. The largest absolute Gasteiger partial charge is 0.480 e. The third-order valence-corrected chi connectivity index (χ3v) is 5.76. The lowest BCUT2D eigenvalue weighted by molar-refractivity contribution is -0.135. The number of carboxylic acids is 1. The molecule has 0 amide bonds. The predicted octanol–water partition coefficient (Wildman–Crippen LogP) is 4.22. The van der Waals surface area contributed by atoms with E-state index in [2.05, 4.69) is 29.8 Å². The van der Waals surface area contributed by atoms with E-state index in [9.17, 15) is 4.79 Å². The molecule has 0 rings (SSSR count). The van der Waals surface area contributed by atoms with Crippen LogP contribution in [0.5, 0.6) is 0 Å². The molecule has 0 unspecified atom stereocenters. The van der Waals surface area contributed by atoms with Crippen LogP contribution in [0.3, 0.4) is 0 Å². The minimum atomic E-state index is -4.64. The standard InChI is InChI=1S/C24H53N3.C2H5NO2.H3O4P/c1-3-5-7-9-11-13-15-17-22-27(24-21-26-20-19-25)23-18-16-14-12-10-8-6-4-2;3-1-2(4)5;1-5(2,3)4/h26H,3-25H2,1-2H3;1,3H2,(H,4,5);(H3,1,2,3,4). The van der Waals surface area contributed by atoms with Gasteiger partial charge in [0.25, 0.3) is 0 Å². The minimum absolute atomic E-state index is 0.278. The average Bonchev–Trinajstić information content (AvgIpc) is 2.83. The number of nitrogens with two attached hydrogens (primary N) is 2. The Balaban J connectivity index is -0.000000969. The van der Waals surface area contributed by atoms with Gasteiger partial charge < -0.3 is 41.5 Å². The highest BCUT2D eigenvalue weighted by atomic mass is 31.2. The van der Waals surface area contributed by atoms with Gasteiger partial charge in [-0.2, -0.15) is 0 Å². The van der Waals surface area contributed by atoms with Crippen molar-refractivity contribution in [3.8, 4) is 0 Å². The van der Waals surface area contributed by atoms with Crippen molar-refractivity contribution in [2.24, 2.45) is 11.5 Å². The highest BCUT2D eigenvalue weighted by Gasteiger charge is 2.05. The summed E-state index contributed by atoms with van der Waals surface area (Å²) in [6.07, 6.45) is 22.6. The summed E-state index contributed by atoms with van der Waals surface area (Å²) in [7, 11) is -4.64. The third kappa shape index (κ3) is 52.6. The summed E-state index contributed by atoms with van der Waals surface area (Å²) in [5, 5.41) is 11.1. The smallest absolute Gasteiger partial charge is 0.466 e. The number of carbonyl (C=O) groups is 1. The fourth-order valence-corrected chi connectivity index (χ4v) is 3.74. The molecule has 0 aliphatic carbocycles. The van der Waals surface area contributed by atoms with Crippen molar-refractivity contribution in [1.29, 1.82) is 0 Å². The molecule has 0 atom stereocenters. The molecule has 9 N–H and O–H groups in total. The summed E-state index contributed by atoms with van der Waals surface area (Å²) in [4.78, 5) is 33.5. The van der Waals surface area contributed by atoms with Gasteiger partial charge in [0, 0.05) is 26.2 Å². The zero-order chi connectivity index (χ0) is 28.6. The second-order valence-corrected chi connectivity index (χ2v) is 10.5. The first-order chi connectivity index (χ1) is 17.6. The number of nitrogens with one attached hydrogen (secondary N) is 1. The molecule has 0 aliphatic heterocycles. The van der Waals surface area contributed by atoms with Crippen LogP contribution in [0, 0.1) is 0 Å². The Hall–Kier alpha value is -0.580. The molecule has 0 fully saturated rings. The number of carboxylic acid groups (broad SMARTS) is 1. The number of hydrogen-bond acceptors (Lipinski definition) is 6. The number of unbranched alkanes of at least 4 members (excludes halogenated alkanes) is 14. The molecular weight excluding hydrogens is 495 g/mol. The van der Waals surface area contributed by atoms with Crippen LogP contribution in [-0.2, 0) is 9.36 Å². The third-order valence-electron chi connectivity index (χ3n) is 5.76. The zero-order valence-corrected chi connectivity index (χ0v) is 24.8. The summed E-state index contributed by atoms with van der Waals surface area (Å²) in [6.45, 7) is 10.9. The van der Waals surface area contributed by atoms with Crippen molar-refractivity contribution in [3.05, 3.63) is 0 Å². The summed E-state index contributed by atoms with van der Waals surface area (Å²) in [5.41, 5.74) is 10.2. The fourth-order valence-electron chi connectivity index (χ4n) is 3.74. The van der Waals surface area contributed by atoms with Crippen LogP contribution in [0.1, 0.15) is 117 Å². The van der Waals surface area contributed by atoms with E-state index in [-0.39, 0.29) is 6.54 Å². The van der Waals surface area contributed by atoms with Gasteiger partial charge in [-0.05, 0) is 25.9 Å². The molecule has 37 heavy (non-hydrogen) atoms. The van der Waals surface area contributed by atoms with Gasteiger partial charge in [0.1, 0.15) is 0 Å². The van der Waals surface area contributed by atoms with Crippen molar-refractivity contribution in [2.45, 2.75) is 117 Å². The first kappa shape index (κ1) is 40.9. The number of nitrogens with zero attached hydrogens (tertiary/aromatic N) is 1.